The summed E-state index contributed by atoms with van der Waals surface area (Å²) in [5.74, 6) is 0.859. The van der Waals surface area contributed by atoms with Crippen molar-refractivity contribution in [1.29, 1.82) is 0 Å². The molecule has 0 unspecified atom stereocenters. The summed E-state index contributed by atoms with van der Waals surface area (Å²) >= 11 is 0. The average Bonchev–Trinajstić information content (AvgIpc) is 2.79. The number of benzene rings is 2. The van der Waals surface area contributed by atoms with E-state index in [-0.39, 0.29) is 12.5 Å². The van der Waals surface area contributed by atoms with Crippen molar-refractivity contribution in [2.24, 2.45) is 0 Å². The molecule has 1 aliphatic heterocycles. The number of nitrogens with one attached hydrogen (secondary N) is 2. The van der Waals surface area contributed by atoms with Gasteiger partial charge in [0.25, 0.3) is 0 Å². The molecule has 0 atom stereocenters. The van der Waals surface area contributed by atoms with Crippen LogP contribution in [0.3, 0.4) is 0 Å². The summed E-state index contributed by atoms with van der Waals surface area (Å²) in [6.07, 6.45) is 1.99. The molecule has 2 aromatic rings. The highest BCUT2D eigenvalue weighted by molar-refractivity contribution is 5.92. The van der Waals surface area contributed by atoms with Gasteiger partial charge in [0, 0.05) is 55.3 Å². The second-order valence-electron chi connectivity index (χ2n) is 7.83. The van der Waals surface area contributed by atoms with E-state index in [9.17, 15) is 4.79 Å². The van der Waals surface area contributed by atoms with Gasteiger partial charge in [0.2, 0.25) is 5.91 Å². The number of carbonyl (C=O) groups excluding carboxylic acids is 1. The van der Waals surface area contributed by atoms with Gasteiger partial charge in [0.1, 0.15) is 5.75 Å². The van der Waals surface area contributed by atoms with E-state index in [1.54, 1.807) is 7.11 Å². The van der Waals surface area contributed by atoms with E-state index in [2.05, 4.69) is 33.4 Å². The smallest absolute Gasteiger partial charge is 0.238 e. The number of amides is 1. The lowest BCUT2D eigenvalue weighted by atomic mass is 10.0. The third kappa shape index (κ3) is 6.87. The quantitative estimate of drug-likeness (QED) is 0.542. The lowest BCUT2D eigenvalue weighted by Crippen LogP contribution is -2.42. The molecule has 1 aliphatic rings. The second-order valence-corrected chi connectivity index (χ2v) is 7.83. The first-order valence-electron chi connectivity index (χ1n) is 11.0. The third-order valence-corrected chi connectivity index (χ3v) is 5.66. The van der Waals surface area contributed by atoms with E-state index < -0.39 is 0 Å². The van der Waals surface area contributed by atoms with Crippen LogP contribution in [0.2, 0.25) is 0 Å². The Hall–Kier alpha value is -2.77. The first-order valence-corrected chi connectivity index (χ1v) is 11.0. The number of piperidine rings is 1. The molecule has 1 heterocycles. The zero-order chi connectivity index (χ0) is 22.1. The van der Waals surface area contributed by atoms with Crippen LogP contribution in [0.4, 0.5) is 17.1 Å². The lowest BCUT2D eigenvalue weighted by Gasteiger charge is -2.32. The Morgan fingerprint density at radius 2 is 1.90 bits per heavy atom. The Bertz CT molecular complexity index is 820. The summed E-state index contributed by atoms with van der Waals surface area (Å²) in [7, 11) is 1.67. The number of nitrogens with zero attached hydrogens (tertiary/aromatic N) is 2. The summed E-state index contributed by atoms with van der Waals surface area (Å²) in [5.41, 5.74) is 2.91. The van der Waals surface area contributed by atoms with Crippen LogP contribution in [0.1, 0.15) is 19.8 Å². The minimum atomic E-state index is 0.00895. The van der Waals surface area contributed by atoms with Crippen LogP contribution in [0.5, 0.6) is 5.75 Å². The maximum Gasteiger partial charge on any atom is 0.238 e. The molecule has 0 radical (unpaired) electrons. The van der Waals surface area contributed by atoms with Crippen LogP contribution in [0.25, 0.3) is 0 Å². The molecule has 0 aliphatic carbocycles. The summed E-state index contributed by atoms with van der Waals surface area (Å²) in [4.78, 5) is 16.8. The molecule has 3 rings (SSSR count). The molecular weight excluding hydrogens is 392 g/mol. The van der Waals surface area contributed by atoms with Crippen LogP contribution in [-0.4, -0.2) is 68.4 Å². The Kier molecular flexibility index (Phi) is 8.55. The van der Waals surface area contributed by atoms with Gasteiger partial charge in [-0.2, -0.15) is 0 Å². The topological polar surface area (TPSA) is 77.1 Å². The van der Waals surface area contributed by atoms with Crippen molar-refractivity contribution in [3.63, 3.8) is 0 Å². The van der Waals surface area contributed by atoms with Crippen molar-refractivity contribution in [2.45, 2.75) is 25.8 Å². The molecule has 31 heavy (non-hydrogen) atoms. The molecular formula is C24H34N4O3. The number of hydrogen-bond acceptors (Lipinski definition) is 6. The fourth-order valence-corrected chi connectivity index (χ4v) is 3.93. The number of anilines is 3. The Morgan fingerprint density at radius 1 is 1.16 bits per heavy atom. The first kappa shape index (κ1) is 22.9. The maximum atomic E-state index is 12.5. The standard InChI is InChI=1S/C24H34N4O3/c1-3-28(15-16-29)22-9-7-19(8-10-22)26-24(30)18-27-13-11-20(12-14-27)25-21-5-4-6-23(17-21)31-2/h4-10,17,20,25,29H,3,11-16,18H2,1-2H3,(H,26,30). The third-order valence-electron chi connectivity index (χ3n) is 5.66. The Labute approximate surface area is 185 Å². The van der Waals surface area contributed by atoms with Crippen LogP contribution in [0.15, 0.2) is 48.5 Å². The van der Waals surface area contributed by atoms with Gasteiger partial charge in [-0.05, 0) is 56.2 Å². The number of methoxy groups -OCH3 is 1. The highest BCUT2D eigenvalue weighted by Gasteiger charge is 2.21. The molecule has 2 aromatic carbocycles. The van der Waals surface area contributed by atoms with Crippen molar-refractivity contribution in [2.75, 3.05) is 62.0 Å². The predicted octanol–water partition coefficient (Wildman–Crippen LogP) is 3.03. The van der Waals surface area contributed by atoms with Crippen LogP contribution in [-0.2, 0) is 4.79 Å². The van der Waals surface area contributed by atoms with E-state index >= 15 is 0 Å². The van der Waals surface area contributed by atoms with Gasteiger partial charge < -0.3 is 25.4 Å². The Morgan fingerprint density at radius 3 is 2.55 bits per heavy atom. The number of carbonyl (C=O) groups is 1. The van der Waals surface area contributed by atoms with Crippen LogP contribution >= 0.6 is 0 Å². The Balaban J connectivity index is 1.42. The van der Waals surface area contributed by atoms with Gasteiger partial charge >= 0.3 is 0 Å². The number of aliphatic hydroxyl groups is 1. The molecule has 7 nitrogen and oxygen atoms in total. The number of rotatable bonds is 10. The van der Waals surface area contributed by atoms with E-state index in [0.29, 0.717) is 19.1 Å². The zero-order valence-corrected chi connectivity index (χ0v) is 18.5. The molecule has 1 fully saturated rings. The van der Waals surface area contributed by atoms with E-state index in [1.165, 1.54) is 0 Å². The second kappa shape index (κ2) is 11.6. The molecule has 1 saturated heterocycles. The minimum absolute atomic E-state index is 0.00895. The fraction of sp³-hybridized carbons (Fsp3) is 0.458. The first-order chi connectivity index (χ1) is 15.1. The summed E-state index contributed by atoms with van der Waals surface area (Å²) in [6.45, 7) is 5.79. The molecule has 0 saturated carbocycles. The number of likely N-dealkylation sites (N-methyl/N-ethyl adjacent to an activating group) is 1. The molecule has 0 spiro atoms. The molecule has 1 amide bonds. The van der Waals surface area contributed by atoms with Gasteiger partial charge in [0.15, 0.2) is 0 Å². The summed E-state index contributed by atoms with van der Waals surface area (Å²) in [5, 5.41) is 15.7. The van der Waals surface area contributed by atoms with Gasteiger partial charge in [-0.3, -0.25) is 9.69 Å². The molecule has 0 bridgehead atoms. The van der Waals surface area contributed by atoms with E-state index in [4.69, 9.17) is 9.84 Å². The number of likely N-dealkylation sites (tertiary alicyclic amines) is 1. The van der Waals surface area contributed by atoms with Crippen molar-refractivity contribution < 1.29 is 14.6 Å². The number of ether oxygens (including phenoxy) is 1. The molecule has 0 aromatic heterocycles. The molecule has 7 heteroatoms. The van der Waals surface area contributed by atoms with Crippen LogP contribution < -0.4 is 20.3 Å². The van der Waals surface area contributed by atoms with Crippen molar-refractivity contribution in [1.82, 2.24) is 4.90 Å². The highest BCUT2D eigenvalue weighted by atomic mass is 16.5. The largest absolute Gasteiger partial charge is 0.497 e. The van der Waals surface area contributed by atoms with E-state index in [0.717, 1.165) is 55.3 Å². The average molecular weight is 427 g/mol. The normalized spacial score (nSPS) is 14.8. The predicted molar refractivity (Wildman–Crippen MR) is 126 cm³/mol. The maximum absolute atomic E-state index is 12.5. The summed E-state index contributed by atoms with van der Waals surface area (Å²) < 4.78 is 5.28. The van der Waals surface area contributed by atoms with Crippen molar-refractivity contribution in [3.05, 3.63) is 48.5 Å². The lowest BCUT2D eigenvalue weighted by molar-refractivity contribution is -0.117. The number of hydrogen-bond donors (Lipinski definition) is 3. The van der Waals surface area contributed by atoms with E-state index in [1.807, 2.05) is 42.5 Å². The van der Waals surface area contributed by atoms with Crippen molar-refractivity contribution >= 4 is 23.0 Å². The minimum Gasteiger partial charge on any atom is -0.497 e. The highest BCUT2D eigenvalue weighted by Crippen LogP contribution is 2.21. The molecule has 3 N–H and O–H groups in total. The SMILES string of the molecule is CCN(CCO)c1ccc(NC(=O)CN2CCC(Nc3cccc(OC)c3)CC2)cc1. The van der Waals surface area contributed by atoms with Gasteiger partial charge in [-0.25, -0.2) is 0 Å². The van der Waals surface area contributed by atoms with Gasteiger partial charge in [0.05, 0.1) is 20.3 Å². The van der Waals surface area contributed by atoms with Gasteiger partial charge in [-0.1, -0.05) is 6.07 Å². The summed E-state index contributed by atoms with van der Waals surface area (Å²) in [6, 6.07) is 16.2. The number of aliphatic hydroxyl groups excluding tert-OH is 1. The van der Waals surface area contributed by atoms with Gasteiger partial charge in [-0.15, -0.1) is 0 Å². The van der Waals surface area contributed by atoms with Crippen LogP contribution in [0, 0.1) is 0 Å². The fourth-order valence-electron chi connectivity index (χ4n) is 3.93. The van der Waals surface area contributed by atoms with Crippen molar-refractivity contribution in [3.8, 4) is 5.75 Å². The zero-order valence-electron chi connectivity index (χ0n) is 18.5. The monoisotopic (exact) mass is 426 g/mol. The molecule has 168 valence electrons.